The van der Waals surface area contributed by atoms with Gasteiger partial charge in [-0.25, -0.2) is 0 Å². The van der Waals surface area contributed by atoms with Gasteiger partial charge in [0.05, 0.1) is 12.2 Å². The summed E-state index contributed by atoms with van der Waals surface area (Å²) in [6.07, 6.45) is 0.115. The molecule has 0 bridgehead atoms. The first-order chi connectivity index (χ1) is 15.2. The summed E-state index contributed by atoms with van der Waals surface area (Å²) in [6.45, 7) is 10.6. The van der Waals surface area contributed by atoms with Gasteiger partial charge in [0, 0.05) is 17.9 Å². The second-order valence-electron chi connectivity index (χ2n) is 7.90. The molecule has 0 atom stereocenters. The van der Waals surface area contributed by atoms with Gasteiger partial charge in [0.25, 0.3) is 0 Å². The number of aromatic nitrogens is 3. The fourth-order valence-electron chi connectivity index (χ4n) is 3.54. The van der Waals surface area contributed by atoms with E-state index in [-0.39, 0.29) is 24.0 Å². The third-order valence-electron chi connectivity index (χ3n) is 4.92. The Labute approximate surface area is 193 Å². The molecule has 0 aliphatic rings. The van der Waals surface area contributed by atoms with Crippen LogP contribution in [0.25, 0.3) is 0 Å². The summed E-state index contributed by atoms with van der Waals surface area (Å²) in [5.41, 5.74) is 5.94. The molecule has 2 aromatic carbocycles. The van der Waals surface area contributed by atoms with Crippen LogP contribution < -0.4 is 10.6 Å². The summed E-state index contributed by atoms with van der Waals surface area (Å²) >= 11 is 1.31. The summed E-state index contributed by atoms with van der Waals surface area (Å²) in [5.74, 6) is 0.523. The van der Waals surface area contributed by atoms with Gasteiger partial charge < -0.3 is 15.2 Å². The predicted molar refractivity (Wildman–Crippen MR) is 129 cm³/mol. The molecule has 1 heterocycles. The zero-order chi connectivity index (χ0) is 23.3. The van der Waals surface area contributed by atoms with Crippen molar-refractivity contribution in [1.82, 2.24) is 14.8 Å². The Morgan fingerprint density at radius 3 is 2.28 bits per heavy atom. The van der Waals surface area contributed by atoms with Crippen LogP contribution in [0.2, 0.25) is 0 Å². The first-order valence-corrected chi connectivity index (χ1v) is 11.5. The van der Waals surface area contributed by atoms with Crippen LogP contribution in [0.15, 0.2) is 41.6 Å². The number of nitrogens with zero attached hydrogens (tertiary/aromatic N) is 3. The maximum absolute atomic E-state index is 12.6. The highest BCUT2D eigenvalue weighted by atomic mass is 32.2. The maximum atomic E-state index is 12.6. The molecule has 168 valence electrons. The molecule has 3 aromatic rings. The number of thioether (sulfide) groups is 1. The predicted octanol–water partition coefficient (Wildman–Crippen LogP) is 4.44. The number of nitrogens with one attached hydrogen (secondary N) is 2. The van der Waals surface area contributed by atoms with Gasteiger partial charge >= 0.3 is 0 Å². The van der Waals surface area contributed by atoms with Crippen molar-refractivity contribution in [2.75, 3.05) is 16.4 Å². The minimum absolute atomic E-state index is 0.111. The van der Waals surface area contributed by atoms with Crippen LogP contribution in [0.1, 0.15) is 35.0 Å². The SMILES string of the molecule is CCn1c(CC(=O)Nc2ccc(C)cc2C)nnc1SCC(=O)Nc1cc(C)cc(C)c1. The van der Waals surface area contributed by atoms with Gasteiger partial charge in [-0.15, -0.1) is 10.2 Å². The number of hydrogen-bond donors (Lipinski definition) is 2. The zero-order valence-electron chi connectivity index (χ0n) is 19.2. The van der Waals surface area contributed by atoms with Crippen molar-refractivity contribution in [3.63, 3.8) is 0 Å². The minimum atomic E-state index is -0.150. The first-order valence-electron chi connectivity index (χ1n) is 10.5. The van der Waals surface area contributed by atoms with Gasteiger partial charge in [-0.3, -0.25) is 9.59 Å². The van der Waals surface area contributed by atoms with E-state index in [1.165, 1.54) is 11.8 Å². The smallest absolute Gasteiger partial charge is 0.234 e. The van der Waals surface area contributed by atoms with E-state index in [1.807, 2.05) is 69.5 Å². The Morgan fingerprint density at radius 1 is 0.906 bits per heavy atom. The molecule has 0 spiro atoms. The fraction of sp³-hybridized carbons (Fsp3) is 0.333. The zero-order valence-corrected chi connectivity index (χ0v) is 20.0. The number of rotatable bonds is 8. The minimum Gasteiger partial charge on any atom is -0.325 e. The molecule has 8 heteroatoms. The largest absolute Gasteiger partial charge is 0.325 e. The molecule has 2 amide bonds. The van der Waals surface area contributed by atoms with Crippen LogP contribution in [-0.2, 0) is 22.6 Å². The van der Waals surface area contributed by atoms with E-state index >= 15 is 0 Å². The number of carbonyl (C=O) groups excluding carboxylic acids is 2. The van der Waals surface area contributed by atoms with Gasteiger partial charge in [-0.2, -0.15) is 0 Å². The highest BCUT2D eigenvalue weighted by Gasteiger charge is 2.16. The van der Waals surface area contributed by atoms with Crippen LogP contribution in [0.5, 0.6) is 0 Å². The highest BCUT2D eigenvalue weighted by Crippen LogP contribution is 2.20. The number of aryl methyl sites for hydroxylation is 4. The molecule has 0 saturated carbocycles. The fourth-order valence-corrected chi connectivity index (χ4v) is 4.36. The van der Waals surface area contributed by atoms with Crippen molar-refractivity contribution in [1.29, 1.82) is 0 Å². The van der Waals surface area contributed by atoms with Crippen molar-refractivity contribution in [2.45, 2.75) is 52.7 Å². The normalized spacial score (nSPS) is 10.8. The van der Waals surface area contributed by atoms with Gasteiger partial charge in [-0.05, 0) is 69.5 Å². The Morgan fingerprint density at radius 2 is 1.62 bits per heavy atom. The van der Waals surface area contributed by atoms with Crippen LogP contribution in [0.4, 0.5) is 11.4 Å². The van der Waals surface area contributed by atoms with E-state index in [2.05, 4.69) is 26.9 Å². The lowest BCUT2D eigenvalue weighted by Gasteiger charge is -2.10. The Hall–Kier alpha value is -3.13. The molecule has 3 rings (SSSR count). The second kappa shape index (κ2) is 10.5. The lowest BCUT2D eigenvalue weighted by atomic mass is 10.1. The molecule has 0 unspecified atom stereocenters. The van der Waals surface area contributed by atoms with Crippen molar-refractivity contribution in [2.24, 2.45) is 0 Å². The molecule has 2 N–H and O–H groups in total. The topological polar surface area (TPSA) is 88.9 Å². The van der Waals surface area contributed by atoms with Crippen molar-refractivity contribution >= 4 is 35.0 Å². The summed E-state index contributed by atoms with van der Waals surface area (Å²) < 4.78 is 1.87. The van der Waals surface area contributed by atoms with Gasteiger partial charge in [-0.1, -0.05) is 35.5 Å². The van der Waals surface area contributed by atoms with Crippen molar-refractivity contribution in [3.05, 3.63) is 64.5 Å². The summed E-state index contributed by atoms with van der Waals surface area (Å²) in [7, 11) is 0. The maximum Gasteiger partial charge on any atom is 0.234 e. The third-order valence-corrected chi connectivity index (χ3v) is 5.89. The molecule has 0 fully saturated rings. The standard InChI is InChI=1S/C24H29N5O2S/c1-6-29-21(13-22(30)26-20-8-7-15(2)10-18(20)5)27-28-24(29)32-14-23(31)25-19-11-16(3)9-17(4)12-19/h7-12H,6,13-14H2,1-5H3,(H,25,31)(H,26,30). The molecule has 0 aliphatic heterocycles. The van der Waals surface area contributed by atoms with Gasteiger partial charge in [0.1, 0.15) is 5.82 Å². The lowest BCUT2D eigenvalue weighted by molar-refractivity contribution is -0.116. The molecule has 0 saturated heterocycles. The van der Waals surface area contributed by atoms with Gasteiger partial charge in [0.15, 0.2) is 5.16 Å². The Balaban J connectivity index is 1.60. The van der Waals surface area contributed by atoms with Crippen LogP contribution in [0.3, 0.4) is 0 Å². The van der Waals surface area contributed by atoms with E-state index in [0.717, 1.165) is 33.6 Å². The van der Waals surface area contributed by atoms with E-state index in [0.29, 0.717) is 17.5 Å². The summed E-state index contributed by atoms with van der Waals surface area (Å²) in [4.78, 5) is 25.0. The van der Waals surface area contributed by atoms with Crippen molar-refractivity contribution < 1.29 is 9.59 Å². The average Bonchev–Trinajstić information content (AvgIpc) is 3.09. The Kier molecular flexibility index (Phi) is 7.69. The molecule has 0 radical (unpaired) electrons. The van der Waals surface area contributed by atoms with Crippen molar-refractivity contribution in [3.8, 4) is 0 Å². The molecular weight excluding hydrogens is 422 g/mol. The average molecular weight is 452 g/mol. The molecular formula is C24H29N5O2S. The van der Waals surface area contributed by atoms with E-state index < -0.39 is 0 Å². The summed E-state index contributed by atoms with van der Waals surface area (Å²) in [5, 5.41) is 14.9. The van der Waals surface area contributed by atoms with E-state index in [4.69, 9.17) is 0 Å². The number of carbonyl (C=O) groups is 2. The van der Waals surface area contributed by atoms with Gasteiger partial charge in [0.2, 0.25) is 11.8 Å². The van der Waals surface area contributed by atoms with Crippen LogP contribution >= 0.6 is 11.8 Å². The lowest BCUT2D eigenvalue weighted by Crippen LogP contribution is -2.18. The molecule has 1 aromatic heterocycles. The van der Waals surface area contributed by atoms with Crippen LogP contribution in [-0.4, -0.2) is 32.3 Å². The molecule has 0 aliphatic carbocycles. The second-order valence-corrected chi connectivity index (χ2v) is 8.84. The number of benzene rings is 2. The summed E-state index contributed by atoms with van der Waals surface area (Å²) in [6, 6.07) is 11.8. The molecule has 32 heavy (non-hydrogen) atoms. The van der Waals surface area contributed by atoms with Crippen LogP contribution in [0, 0.1) is 27.7 Å². The molecule has 7 nitrogen and oxygen atoms in total. The number of amides is 2. The first kappa shape index (κ1) is 23.5. The third kappa shape index (κ3) is 6.20. The number of anilines is 2. The van der Waals surface area contributed by atoms with E-state index in [1.54, 1.807) is 0 Å². The van der Waals surface area contributed by atoms with E-state index in [9.17, 15) is 9.59 Å². The highest BCUT2D eigenvalue weighted by molar-refractivity contribution is 7.99. The quantitative estimate of drug-likeness (QED) is 0.494. The monoisotopic (exact) mass is 451 g/mol. The number of hydrogen-bond acceptors (Lipinski definition) is 5. The Bertz CT molecular complexity index is 1120.